The molecule has 21 heavy (non-hydrogen) atoms. The molecule has 3 rings (SSSR count). The smallest absolute Gasteiger partial charge is 0.162 e. The van der Waals surface area contributed by atoms with E-state index in [0.29, 0.717) is 25.3 Å². The van der Waals surface area contributed by atoms with E-state index in [1.807, 2.05) is 37.3 Å². The van der Waals surface area contributed by atoms with Crippen LogP contribution in [0.4, 0.5) is 0 Å². The highest BCUT2D eigenvalue weighted by molar-refractivity contribution is 7.99. The van der Waals surface area contributed by atoms with Gasteiger partial charge in [-0.3, -0.25) is 4.98 Å². The van der Waals surface area contributed by atoms with Crippen molar-refractivity contribution in [2.45, 2.75) is 29.2 Å². The summed E-state index contributed by atoms with van der Waals surface area (Å²) < 4.78 is 11.1. The molecule has 0 bridgehead atoms. The van der Waals surface area contributed by atoms with Crippen LogP contribution >= 0.6 is 11.8 Å². The van der Waals surface area contributed by atoms with Crippen LogP contribution < -0.4 is 9.47 Å². The summed E-state index contributed by atoms with van der Waals surface area (Å²) in [6.07, 6.45) is 1.97. The van der Waals surface area contributed by atoms with Crippen molar-refractivity contribution in [2.75, 3.05) is 13.2 Å². The second kappa shape index (κ2) is 6.37. The predicted molar refractivity (Wildman–Crippen MR) is 81.0 cm³/mol. The van der Waals surface area contributed by atoms with Crippen molar-refractivity contribution in [3.8, 4) is 11.5 Å². The lowest BCUT2D eigenvalue weighted by Gasteiger charge is -2.18. The standard InChI is InChI=1S/C16H17NO3S/c1-2-14(18)13-5-3-12(10-17-13)21-11-4-6-15-16(9-11)20-8-7-19-15/h3-6,9-10,14,18H,2,7-8H2,1H3. The first-order chi connectivity index (χ1) is 10.3. The Kier molecular flexibility index (Phi) is 4.31. The monoisotopic (exact) mass is 303 g/mol. The molecule has 1 N–H and O–H groups in total. The Balaban J connectivity index is 1.74. The number of fused-ring (bicyclic) bond motifs is 1. The maximum atomic E-state index is 9.74. The van der Waals surface area contributed by atoms with Crippen molar-refractivity contribution in [2.24, 2.45) is 0 Å². The fraction of sp³-hybridized carbons (Fsp3) is 0.312. The number of hydrogen-bond acceptors (Lipinski definition) is 5. The maximum absolute atomic E-state index is 9.74. The number of aromatic nitrogens is 1. The van der Waals surface area contributed by atoms with Gasteiger partial charge in [-0.15, -0.1) is 0 Å². The third-order valence-corrected chi connectivity index (χ3v) is 4.20. The summed E-state index contributed by atoms with van der Waals surface area (Å²) in [5.74, 6) is 1.59. The molecule has 1 aliphatic heterocycles. The van der Waals surface area contributed by atoms with Crippen LogP contribution in [0.1, 0.15) is 25.1 Å². The minimum absolute atomic E-state index is 0.488. The number of pyridine rings is 1. The second-order valence-corrected chi connectivity index (χ2v) is 5.90. The van der Waals surface area contributed by atoms with Crippen LogP contribution in [-0.2, 0) is 0 Å². The molecule has 0 radical (unpaired) electrons. The minimum atomic E-state index is -0.488. The van der Waals surface area contributed by atoms with Gasteiger partial charge in [0.2, 0.25) is 0 Å². The first-order valence-electron chi connectivity index (χ1n) is 6.98. The summed E-state index contributed by atoms with van der Waals surface area (Å²) in [5.41, 5.74) is 0.712. The van der Waals surface area contributed by atoms with Gasteiger partial charge in [0.15, 0.2) is 11.5 Å². The summed E-state index contributed by atoms with van der Waals surface area (Å²) in [6.45, 7) is 3.13. The first-order valence-corrected chi connectivity index (χ1v) is 7.79. The number of rotatable bonds is 4. The molecule has 110 valence electrons. The molecule has 4 nitrogen and oxygen atoms in total. The number of aliphatic hydroxyl groups excluding tert-OH is 1. The van der Waals surface area contributed by atoms with Crippen LogP contribution in [0.2, 0.25) is 0 Å². The lowest BCUT2D eigenvalue weighted by Crippen LogP contribution is -2.15. The molecule has 2 heterocycles. The molecule has 0 aliphatic carbocycles. The molecule has 1 aliphatic rings. The van der Waals surface area contributed by atoms with E-state index in [-0.39, 0.29) is 0 Å². The Morgan fingerprint density at radius 1 is 1.14 bits per heavy atom. The van der Waals surface area contributed by atoms with Gasteiger partial charge in [-0.25, -0.2) is 0 Å². The van der Waals surface area contributed by atoms with Crippen molar-refractivity contribution in [3.05, 3.63) is 42.2 Å². The average Bonchev–Trinajstić information content (AvgIpc) is 2.55. The minimum Gasteiger partial charge on any atom is -0.486 e. The van der Waals surface area contributed by atoms with Gasteiger partial charge in [-0.05, 0) is 36.8 Å². The van der Waals surface area contributed by atoms with E-state index in [0.717, 1.165) is 21.3 Å². The van der Waals surface area contributed by atoms with Gasteiger partial charge in [0.05, 0.1) is 11.8 Å². The van der Waals surface area contributed by atoms with E-state index in [1.165, 1.54) is 0 Å². The molecule has 1 unspecified atom stereocenters. The number of ether oxygens (including phenoxy) is 2. The second-order valence-electron chi connectivity index (χ2n) is 4.75. The normalized spacial score (nSPS) is 14.8. The van der Waals surface area contributed by atoms with Crippen molar-refractivity contribution in [1.29, 1.82) is 0 Å². The maximum Gasteiger partial charge on any atom is 0.162 e. The lowest BCUT2D eigenvalue weighted by atomic mass is 10.2. The number of nitrogens with zero attached hydrogens (tertiary/aromatic N) is 1. The van der Waals surface area contributed by atoms with Crippen molar-refractivity contribution in [1.82, 2.24) is 4.98 Å². The fourth-order valence-corrected chi connectivity index (χ4v) is 2.90. The van der Waals surface area contributed by atoms with Crippen LogP contribution in [0.3, 0.4) is 0 Å². The number of benzene rings is 1. The third-order valence-electron chi connectivity index (χ3n) is 3.24. The highest BCUT2D eigenvalue weighted by Gasteiger charge is 2.12. The van der Waals surface area contributed by atoms with Crippen molar-refractivity contribution >= 4 is 11.8 Å². The highest BCUT2D eigenvalue weighted by atomic mass is 32.2. The average molecular weight is 303 g/mol. The zero-order chi connectivity index (χ0) is 14.7. The van der Waals surface area contributed by atoms with Crippen LogP contribution in [0.25, 0.3) is 0 Å². The van der Waals surface area contributed by atoms with Gasteiger partial charge in [0.1, 0.15) is 13.2 Å². The van der Waals surface area contributed by atoms with Gasteiger partial charge in [-0.1, -0.05) is 18.7 Å². The molecule has 0 saturated heterocycles. The summed E-state index contributed by atoms with van der Waals surface area (Å²) >= 11 is 1.61. The molecule has 0 spiro atoms. The van der Waals surface area contributed by atoms with Crippen molar-refractivity contribution in [3.63, 3.8) is 0 Å². The Morgan fingerprint density at radius 3 is 2.62 bits per heavy atom. The zero-order valence-electron chi connectivity index (χ0n) is 11.8. The summed E-state index contributed by atoms with van der Waals surface area (Å²) in [6, 6.07) is 9.76. The molecule has 1 aromatic heterocycles. The molecule has 1 atom stereocenters. The van der Waals surface area contributed by atoms with Gasteiger partial charge in [0.25, 0.3) is 0 Å². The fourth-order valence-electron chi connectivity index (χ4n) is 2.08. The topological polar surface area (TPSA) is 51.6 Å². The number of hydrogen-bond donors (Lipinski definition) is 1. The molecule has 5 heteroatoms. The highest BCUT2D eigenvalue weighted by Crippen LogP contribution is 2.36. The molecule has 0 fully saturated rings. The molecule has 0 saturated carbocycles. The Bertz CT molecular complexity index is 615. The van der Waals surface area contributed by atoms with Crippen LogP contribution in [0.15, 0.2) is 46.3 Å². The summed E-state index contributed by atoms with van der Waals surface area (Å²) in [4.78, 5) is 6.41. The molecular formula is C16H17NO3S. The summed E-state index contributed by atoms with van der Waals surface area (Å²) in [5, 5.41) is 9.74. The van der Waals surface area contributed by atoms with E-state index in [1.54, 1.807) is 18.0 Å². The zero-order valence-corrected chi connectivity index (χ0v) is 12.6. The predicted octanol–water partition coefficient (Wildman–Crippen LogP) is 3.45. The quantitative estimate of drug-likeness (QED) is 0.937. The van der Waals surface area contributed by atoms with E-state index in [4.69, 9.17) is 9.47 Å². The molecule has 0 amide bonds. The van der Waals surface area contributed by atoms with Gasteiger partial charge in [0, 0.05) is 16.0 Å². The largest absolute Gasteiger partial charge is 0.486 e. The van der Waals surface area contributed by atoms with Crippen LogP contribution in [-0.4, -0.2) is 23.3 Å². The SMILES string of the molecule is CCC(O)c1ccc(Sc2ccc3c(c2)OCCO3)cn1. The first kappa shape index (κ1) is 14.2. The molecule has 2 aromatic rings. The van der Waals surface area contributed by atoms with Gasteiger partial charge < -0.3 is 14.6 Å². The Morgan fingerprint density at radius 2 is 1.90 bits per heavy atom. The summed E-state index contributed by atoms with van der Waals surface area (Å²) in [7, 11) is 0. The number of aliphatic hydroxyl groups is 1. The molecule has 1 aromatic carbocycles. The van der Waals surface area contributed by atoms with Crippen molar-refractivity contribution < 1.29 is 14.6 Å². The Hall–Kier alpha value is -1.72. The Labute approximate surface area is 128 Å². The van der Waals surface area contributed by atoms with Crippen LogP contribution in [0, 0.1) is 0 Å². The van der Waals surface area contributed by atoms with Gasteiger partial charge in [-0.2, -0.15) is 0 Å². The third kappa shape index (κ3) is 3.31. The molecular weight excluding hydrogens is 286 g/mol. The lowest BCUT2D eigenvalue weighted by molar-refractivity contribution is 0.169. The van der Waals surface area contributed by atoms with Crippen LogP contribution in [0.5, 0.6) is 11.5 Å². The van der Waals surface area contributed by atoms with E-state index >= 15 is 0 Å². The van der Waals surface area contributed by atoms with Gasteiger partial charge >= 0.3 is 0 Å². The van der Waals surface area contributed by atoms with E-state index < -0.39 is 6.10 Å². The van der Waals surface area contributed by atoms with E-state index in [2.05, 4.69) is 4.98 Å². The van der Waals surface area contributed by atoms with E-state index in [9.17, 15) is 5.11 Å².